The van der Waals surface area contributed by atoms with Gasteiger partial charge >= 0.3 is 6.01 Å². The van der Waals surface area contributed by atoms with Crippen LogP contribution in [0.1, 0.15) is 54.4 Å². The van der Waals surface area contributed by atoms with E-state index in [1.54, 1.807) is 0 Å². The van der Waals surface area contributed by atoms with E-state index >= 15 is 0 Å². The number of nitrogens with two attached hydrogens (primary N) is 1. The quantitative estimate of drug-likeness (QED) is 0.794. The highest BCUT2D eigenvalue weighted by atomic mass is 16.5. The van der Waals surface area contributed by atoms with Crippen LogP contribution in [-0.2, 0) is 0 Å². The monoisotopic (exact) mass is 295 g/mol. The largest absolute Gasteiger partial charge is 0.461 e. The number of aromatic nitrogens is 3. The van der Waals surface area contributed by atoms with Gasteiger partial charge in [0.1, 0.15) is 0 Å². The fourth-order valence-corrected chi connectivity index (χ4v) is 2.27. The third-order valence-electron chi connectivity index (χ3n) is 3.16. The van der Waals surface area contributed by atoms with Crippen molar-refractivity contribution in [1.29, 1.82) is 0 Å². The molecule has 1 aromatic rings. The van der Waals surface area contributed by atoms with Crippen LogP contribution >= 0.6 is 0 Å². The highest BCUT2D eigenvalue weighted by molar-refractivity contribution is 5.37. The summed E-state index contributed by atoms with van der Waals surface area (Å²) in [4.78, 5) is 15.0. The van der Waals surface area contributed by atoms with Crippen molar-refractivity contribution < 1.29 is 4.74 Å². The molecule has 0 atom stereocenters. The van der Waals surface area contributed by atoms with Crippen LogP contribution in [0.5, 0.6) is 6.01 Å². The number of nitrogen functional groups attached to an aromatic ring is 1. The molecule has 0 aliphatic heterocycles. The van der Waals surface area contributed by atoms with Gasteiger partial charge in [-0.2, -0.15) is 15.0 Å². The molecule has 6 heteroatoms. The van der Waals surface area contributed by atoms with E-state index in [4.69, 9.17) is 10.5 Å². The molecule has 0 saturated carbocycles. The second kappa shape index (κ2) is 8.00. The molecule has 0 unspecified atom stereocenters. The lowest BCUT2D eigenvalue weighted by Crippen LogP contribution is -2.39. The predicted octanol–water partition coefficient (Wildman–Crippen LogP) is 2.89. The van der Waals surface area contributed by atoms with Gasteiger partial charge in [-0.3, -0.25) is 0 Å². The van der Waals surface area contributed by atoms with E-state index in [1.165, 1.54) is 0 Å². The van der Waals surface area contributed by atoms with Crippen LogP contribution in [0, 0.1) is 5.92 Å². The summed E-state index contributed by atoms with van der Waals surface area (Å²) in [7, 11) is 0. The summed E-state index contributed by atoms with van der Waals surface area (Å²) in [6.45, 7) is 13.5. The summed E-state index contributed by atoms with van der Waals surface area (Å²) in [5.74, 6) is 1.33. The lowest BCUT2D eigenvalue weighted by Gasteiger charge is -2.32. The summed E-state index contributed by atoms with van der Waals surface area (Å²) < 4.78 is 5.57. The molecule has 0 aromatic carbocycles. The van der Waals surface area contributed by atoms with Crippen molar-refractivity contribution in [2.45, 2.75) is 66.5 Å². The molecule has 6 nitrogen and oxygen atoms in total. The third-order valence-corrected chi connectivity index (χ3v) is 3.16. The average Bonchev–Trinajstić information content (AvgIpc) is 2.36. The van der Waals surface area contributed by atoms with Crippen molar-refractivity contribution in [3.63, 3.8) is 0 Å². The maximum Gasteiger partial charge on any atom is 0.323 e. The second-order valence-corrected chi connectivity index (χ2v) is 5.96. The molecular weight excluding hydrogens is 266 g/mol. The summed E-state index contributed by atoms with van der Waals surface area (Å²) in [6.07, 6.45) is 2.08. The predicted molar refractivity (Wildman–Crippen MR) is 86.6 cm³/mol. The Morgan fingerprint density at radius 3 is 2.14 bits per heavy atom. The van der Waals surface area contributed by atoms with Gasteiger partial charge in [-0.1, -0.05) is 27.7 Å². The lowest BCUT2D eigenvalue weighted by molar-refractivity contribution is 0.222. The van der Waals surface area contributed by atoms with Crippen LogP contribution in [-0.4, -0.2) is 33.6 Å². The van der Waals surface area contributed by atoms with E-state index < -0.39 is 0 Å². The molecule has 0 amide bonds. The molecule has 0 bridgehead atoms. The zero-order chi connectivity index (χ0) is 16.0. The first-order chi connectivity index (χ1) is 9.87. The summed E-state index contributed by atoms with van der Waals surface area (Å²) in [5.41, 5.74) is 5.82. The van der Waals surface area contributed by atoms with Gasteiger partial charge < -0.3 is 15.4 Å². The fraction of sp³-hybridized carbons (Fsp3) is 0.800. The molecule has 2 N–H and O–H groups in total. The Morgan fingerprint density at radius 1 is 1.05 bits per heavy atom. The number of anilines is 2. The van der Waals surface area contributed by atoms with Crippen molar-refractivity contribution in [3.05, 3.63) is 0 Å². The molecule has 0 radical (unpaired) electrons. The molecule has 120 valence electrons. The second-order valence-electron chi connectivity index (χ2n) is 5.96. The first-order valence-electron chi connectivity index (χ1n) is 7.82. The van der Waals surface area contributed by atoms with E-state index in [0.29, 0.717) is 23.9 Å². The maximum atomic E-state index is 5.82. The van der Waals surface area contributed by atoms with Crippen molar-refractivity contribution in [2.75, 3.05) is 17.2 Å². The van der Waals surface area contributed by atoms with Crippen molar-refractivity contribution in [2.24, 2.45) is 5.92 Å². The minimum Gasteiger partial charge on any atom is -0.461 e. The Balaban J connectivity index is 3.13. The zero-order valence-corrected chi connectivity index (χ0v) is 14.1. The smallest absolute Gasteiger partial charge is 0.323 e. The Labute approximate surface area is 128 Å². The fourth-order valence-electron chi connectivity index (χ4n) is 2.27. The molecule has 0 fully saturated rings. The molecule has 21 heavy (non-hydrogen) atoms. The third kappa shape index (κ3) is 5.36. The van der Waals surface area contributed by atoms with Crippen LogP contribution in [0.15, 0.2) is 0 Å². The Kier molecular flexibility index (Phi) is 6.65. The topological polar surface area (TPSA) is 77.2 Å². The molecule has 0 saturated heterocycles. The van der Waals surface area contributed by atoms with Gasteiger partial charge in [0, 0.05) is 12.6 Å². The van der Waals surface area contributed by atoms with Gasteiger partial charge in [0.15, 0.2) is 0 Å². The molecule has 1 aromatic heterocycles. The van der Waals surface area contributed by atoms with Crippen LogP contribution in [0.25, 0.3) is 0 Å². The van der Waals surface area contributed by atoms with Crippen LogP contribution < -0.4 is 15.4 Å². The number of nitrogens with zero attached hydrogens (tertiary/aromatic N) is 4. The molecule has 0 aliphatic carbocycles. The van der Waals surface area contributed by atoms with E-state index in [1.807, 2.05) is 13.8 Å². The van der Waals surface area contributed by atoms with Gasteiger partial charge in [0.25, 0.3) is 0 Å². The number of ether oxygens (including phenoxy) is 1. The Morgan fingerprint density at radius 2 is 1.67 bits per heavy atom. The Hall–Kier alpha value is -1.59. The van der Waals surface area contributed by atoms with E-state index in [0.717, 1.165) is 19.4 Å². The minimum absolute atomic E-state index is 0.00588. The van der Waals surface area contributed by atoms with Crippen molar-refractivity contribution in [1.82, 2.24) is 15.0 Å². The van der Waals surface area contributed by atoms with Crippen molar-refractivity contribution >= 4 is 11.9 Å². The lowest BCUT2D eigenvalue weighted by atomic mass is 10.1. The average molecular weight is 295 g/mol. The van der Waals surface area contributed by atoms with Gasteiger partial charge in [-0.25, -0.2) is 0 Å². The molecule has 0 spiro atoms. The number of hydrogen-bond donors (Lipinski definition) is 1. The molecule has 1 heterocycles. The number of hydrogen-bond acceptors (Lipinski definition) is 6. The number of rotatable bonds is 8. The highest BCUT2D eigenvalue weighted by Crippen LogP contribution is 2.21. The summed E-state index contributed by atoms with van der Waals surface area (Å²) in [5, 5.41) is 0. The first kappa shape index (κ1) is 17.5. The summed E-state index contributed by atoms with van der Waals surface area (Å²) in [6, 6.07) is 0.688. The molecule has 0 aliphatic rings. The molecule has 1 rings (SSSR count). The first-order valence-corrected chi connectivity index (χ1v) is 7.82. The SMILES string of the molecule is CCC(CC)N(CC(C)C)c1nc(N)nc(OC(C)C)n1. The minimum atomic E-state index is 0.00588. The van der Waals surface area contributed by atoms with Gasteiger partial charge in [-0.05, 0) is 32.6 Å². The van der Waals surface area contributed by atoms with Gasteiger partial charge in [-0.15, -0.1) is 0 Å². The van der Waals surface area contributed by atoms with Gasteiger partial charge in [0.05, 0.1) is 6.10 Å². The maximum absolute atomic E-state index is 5.82. The standard InChI is InChI=1S/C15H29N5O/c1-7-12(8-2)20(9-10(3)4)14-17-13(16)18-15(19-14)21-11(5)6/h10-12H,7-9H2,1-6H3,(H2,16,17,18,19). The van der Waals surface area contributed by atoms with Crippen LogP contribution in [0.4, 0.5) is 11.9 Å². The van der Waals surface area contributed by atoms with E-state index in [2.05, 4.69) is 47.5 Å². The highest BCUT2D eigenvalue weighted by Gasteiger charge is 2.21. The van der Waals surface area contributed by atoms with E-state index in [-0.39, 0.29) is 12.1 Å². The molecular formula is C15H29N5O. The van der Waals surface area contributed by atoms with Gasteiger partial charge in [0.2, 0.25) is 11.9 Å². The van der Waals surface area contributed by atoms with Crippen LogP contribution in [0.2, 0.25) is 0 Å². The Bertz CT molecular complexity index is 432. The normalized spacial score (nSPS) is 11.5. The summed E-state index contributed by atoms with van der Waals surface area (Å²) >= 11 is 0. The zero-order valence-electron chi connectivity index (χ0n) is 14.1. The van der Waals surface area contributed by atoms with E-state index in [9.17, 15) is 0 Å². The van der Waals surface area contributed by atoms with Crippen LogP contribution in [0.3, 0.4) is 0 Å². The van der Waals surface area contributed by atoms with Crippen molar-refractivity contribution in [3.8, 4) is 6.01 Å².